The van der Waals surface area contributed by atoms with Crippen molar-refractivity contribution in [2.75, 3.05) is 6.61 Å². The lowest BCUT2D eigenvalue weighted by atomic mass is 9.60. The minimum Gasteiger partial charge on any atom is -0.462 e. The molecule has 1 saturated carbocycles. The van der Waals surface area contributed by atoms with Crippen LogP contribution in [0.25, 0.3) is 0 Å². The van der Waals surface area contributed by atoms with Crippen LogP contribution in [-0.4, -0.2) is 22.9 Å². The minimum atomic E-state index is -0.253. The molecule has 4 nitrogen and oxygen atoms in total. The lowest BCUT2D eigenvalue weighted by Crippen LogP contribution is -2.43. The third kappa shape index (κ3) is 3.33. The molecule has 0 bridgehead atoms. The number of Topliss-reactive ketones (excluding diaryl/α,β-unsaturated/α-hetero) is 1. The number of ketones is 1. The first-order valence-electron chi connectivity index (χ1n) is 10.1. The average Bonchev–Trinajstić information content (AvgIpc) is 3.04. The summed E-state index contributed by atoms with van der Waals surface area (Å²) in [5.41, 5.74) is 3.06. The fraction of sp³-hybridized carbons (Fsp3) is 0.478. The molecule has 27 heavy (non-hydrogen) atoms. The Labute approximate surface area is 160 Å². The molecule has 1 aliphatic heterocycles. The quantitative estimate of drug-likeness (QED) is 0.759. The van der Waals surface area contributed by atoms with Gasteiger partial charge in [0, 0.05) is 36.7 Å². The molecule has 0 radical (unpaired) electrons. The Hall–Kier alpha value is -2.36. The topological polar surface area (TPSA) is 48.3 Å². The molecular weight excluding hydrogens is 338 g/mol. The molecular formula is C23H27NO3. The van der Waals surface area contributed by atoms with Crippen molar-refractivity contribution in [1.29, 1.82) is 0 Å². The molecule has 1 aliphatic carbocycles. The number of carbonyl (C=O) groups is 2. The molecule has 1 aromatic carbocycles. The second-order valence-corrected chi connectivity index (χ2v) is 7.93. The van der Waals surface area contributed by atoms with Crippen LogP contribution in [0.3, 0.4) is 0 Å². The standard InChI is InChI=1S/C23H27NO3/c1-2-27-22(26)18-13-21-23(15-17-7-4-3-5-8-17)11-10-20(25)14-19(23)9-6-12-24(21)16-18/h3-5,7-8,13,16,19H,2,6,9-12,14-15H2,1H3/t19-,23-/m0/s1. The number of carbonyl (C=O) groups excluding carboxylic acids is 2. The number of esters is 1. The predicted octanol–water partition coefficient (Wildman–Crippen LogP) is 4.31. The zero-order valence-electron chi connectivity index (χ0n) is 15.9. The highest BCUT2D eigenvalue weighted by Crippen LogP contribution is 2.49. The van der Waals surface area contributed by atoms with Crippen molar-refractivity contribution in [3.63, 3.8) is 0 Å². The first-order chi connectivity index (χ1) is 13.1. The van der Waals surface area contributed by atoms with Gasteiger partial charge in [0.1, 0.15) is 5.78 Å². The average molecular weight is 365 g/mol. The van der Waals surface area contributed by atoms with Gasteiger partial charge in [0.25, 0.3) is 0 Å². The molecule has 4 heteroatoms. The maximum Gasteiger partial charge on any atom is 0.339 e. The number of rotatable bonds is 4. The van der Waals surface area contributed by atoms with Crippen LogP contribution in [0.1, 0.15) is 60.6 Å². The smallest absolute Gasteiger partial charge is 0.339 e. The monoisotopic (exact) mass is 365 g/mol. The zero-order chi connectivity index (χ0) is 18.9. The van der Waals surface area contributed by atoms with E-state index in [0.29, 0.717) is 36.7 Å². The van der Waals surface area contributed by atoms with Gasteiger partial charge in [-0.15, -0.1) is 0 Å². The third-order valence-corrected chi connectivity index (χ3v) is 6.34. The first-order valence-corrected chi connectivity index (χ1v) is 10.1. The van der Waals surface area contributed by atoms with Crippen LogP contribution in [0.4, 0.5) is 0 Å². The second-order valence-electron chi connectivity index (χ2n) is 7.93. The van der Waals surface area contributed by atoms with Gasteiger partial charge in [0.05, 0.1) is 12.2 Å². The number of aryl methyl sites for hydroxylation is 1. The summed E-state index contributed by atoms with van der Waals surface area (Å²) >= 11 is 0. The maximum absolute atomic E-state index is 12.3. The highest BCUT2D eigenvalue weighted by molar-refractivity contribution is 5.89. The fourth-order valence-electron chi connectivity index (χ4n) is 5.09. The minimum absolute atomic E-state index is 0.0868. The molecule has 0 saturated heterocycles. The van der Waals surface area contributed by atoms with Crippen molar-refractivity contribution in [3.8, 4) is 0 Å². The molecule has 142 valence electrons. The summed E-state index contributed by atoms with van der Waals surface area (Å²) in [6.45, 7) is 3.11. The van der Waals surface area contributed by atoms with E-state index in [-0.39, 0.29) is 11.4 Å². The van der Waals surface area contributed by atoms with E-state index in [0.717, 1.165) is 32.2 Å². The molecule has 0 unspecified atom stereocenters. The number of hydrogen-bond donors (Lipinski definition) is 0. The summed E-state index contributed by atoms with van der Waals surface area (Å²) in [7, 11) is 0. The van der Waals surface area contributed by atoms with E-state index >= 15 is 0 Å². The van der Waals surface area contributed by atoms with Crippen LogP contribution in [0.15, 0.2) is 42.6 Å². The Morgan fingerprint density at radius 3 is 2.89 bits per heavy atom. The number of aromatic nitrogens is 1. The van der Waals surface area contributed by atoms with Crippen molar-refractivity contribution in [2.45, 2.75) is 57.4 Å². The summed E-state index contributed by atoms with van der Waals surface area (Å²) in [5.74, 6) is 0.468. The van der Waals surface area contributed by atoms with E-state index in [4.69, 9.17) is 4.74 Å². The van der Waals surface area contributed by atoms with Crippen LogP contribution in [0.2, 0.25) is 0 Å². The molecule has 2 heterocycles. The molecule has 2 aliphatic rings. The molecule has 4 rings (SSSR count). The number of nitrogens with zero attached hydrogens (tertiary/aromatic N) is 1. The lowest BCUT2D eigenvalue weighted by Gasteiger charge is -2.43. The first kappa shape index (κ1) is 18.0. The van der Waals surface area contributed by atoms with Gasteiger partial charge < -0.3 is 9.30 Å². The van der Waals surface area contributed by atoms with Crippen LogP contribution < -0.4 is 0 Å². The Bertz CT molecular complexity index is 839. The summed E-state index contributed by atoms with van der Waals surface area (Å²) < 4.78 is 7.49. The van der Waals surface area contributed by atoms with E-state index in [9.17, 15) is 9.59 Å². The summed E-state index contributed by atoms with van der Waals surface area (Å²) in [5, 5.41) is 0. The Morgan fingerprint density at radius 1 is 1.30 bits per heavy atom. The van der Waals surface area contributed by atoms with Crippen molar-refractivity contribution in [1.82, 2.24) is 4.57 Å². The van der Waals surface area contributed by atoms with Gasteiger partial charge in [-0.25, -0.2) is 4.79 Å². The molecule has 1 aromatic heterocycles. The van der Waals surface area contributed by atoms with Gasteiger partial charge in [-0.2, -0.15) is 0 Å². The third-order valence-electron chi connectivity index (χ3n) is 6.34. The fourth-order valence-corrected chi connectivity index (χ4v) is 5.09. The molecule has 0 spiro atoms. The van der Waals surface area contributed by atoms with E-state index in [1.165, 1.54) is 11.3 Å². The van der Waals surface area contributed by atoms with Crippen molar-refractivity contribution >= 4 is 11.8 Å². The van der Waals surface area contributed by atoms with Crippen molar-refractivity contribution in [2.24, 2.45) is 5.92 Å². The Balaban J connectivity index is 1.80. The number of benzene rings is 1. The van der Waals surface area contributed by atoms with Crippen LogP contribution in [0.5, 0.6) is 0 Å². The van der Waals surface area contributed by atoms with E-state index < -0.39 is 0 Å². The Morgan fingerprint density at radius 2 is 2.11 bits per heavy atom. The van der Waals surface area contributed by atoms with Crippen LogP contribution in [-0.2, 0) is 27.9 Å². The van der Waals surface area contributed by atoms with Crippen molar-refractivity contribution in [3.05, 3.63) is 59.4 Å². The van der Waals surface area contributed by atoms with Gasteiger partial charge >= 0.3 is 5.97 Å². The second kappa shape index (κ2) is 7.34. The van der Waals surface area contributed by atoms with Crippen LogP contribution >= 0.6 is 0 Å². The lowest BCUT2D eigenvalue weighted by molar-refractivity contribution is -0.123. The van der Waals surface area contributed by atoms with Gasteiger partial charge in [-0.1, -0.05) is 30.3 Å². The van der Waals surface area contributed by atoms with Gasteiger partial charge in [-0.3, -0.25) is 4.79 Å². The molecule has 1 fully saturated rings. The SMILES string of the molecule is CCOC(=O)c1cc2n(c1)CCC[C@H]1CC(=O)CC[C@@]21Cc1ccccc1. The molecule has 0 N–H and O–H groups in total. The number of ether oxygens (including phenoxy) is 1. The Kier molecular flexibility index (Phi) is 4.90. The van der Waals surface area contributed by atoms with Gasteiger partial charge in [-0.05, 0) is 50.2 Å². The predicted molar refractivity (Wildman–Crippen MR) is 104 cm³/mol. The molecule has 0 amide bonds. The molecule has 2 aromatic rings. The van der Waals surface area contributed by atoms with Crippen LogP contribution in [0, 0.1) is 5.92 Å². The van der Waals surface area contributed by atoms with E-state index in [2.05, 4.69) is 28.8 Å². The van der Waals surface area contributed by atoms with Gasteiger partial charge in [0.15, 0.2) is 0 Å². The number of hydrogen-bond acceptors (Lipinski definition) is 3. The molecule has 2 atom stereocenters. The summed E-state index contributed by atoms with van der Waals surface area (Å²) in [6, 6.07) is 12.6. The maximum atomic E-state index is 12.3. The van der Waals surface area contributed by atoms with E-state index in [1.54, 1.807) is 0 Å². The van der Waals surface area contributed by atoms with Gasteiger partial charge in [0.2, 0.25) is 0 Å². The van der Waals surface area contributed by atoms with Crippen molar-refractivity contribution < 1.29 is 14.3 Å². The summed E-state index contributed by atoms with van der Waals surface area (Å²) in [4.78, 5) is 24.6. The largest absolute Gasteiger partial charge is 0.462 e. The number of fused-ring (bicyclic) bond motifs is 3. The summed E-state index contributed by atoms with van der Waals surface area (Å²) in [6.07, 6.45) is 7.12. The highest BCUT2D eigenvalue weighted by atomic mass is 16.5. The highest BCUT2D eigenvalue weighted by Gasteiger charge is 2.47. The van der Waals surface area contributed by atoms with E-state index in [1.807, 2.05) is 25.3 Å². The zero-order valence-corrected chi connectivity index (χ0v) is 15.9. The normalized spacial score (nSPS) is 24.6.